The van der Waals surface area contributed by atoms with Crippen molar-refractivity contribution in [3.05, 3.63) is 54.7 Å². The van der Waals surface area contributed by atoms with Crippen LogP contribution in [0.25, 0.3) is 11.3 Å². The lowest BCUT2D eigenvalue weighted by molar-refractivity contribution is 0.170. The van der Waals surface area contributed by atoms with Crippen LogP contribution in [-0.4, -0.2) is 54.0 Å². The summed E-state index contributed by atoms with van der Waals surface area (Å²) >= 11 is 0. The second kappa shape index (κ2) is 6.61. The Bertz CT molecular complexity index is 1110. The van der Waals surface area contributed by atoms with Crippen molar-refractivity contribution in [3.8, 4) is 22.8 Å². The highest BCUT2D eigenvalue weighted by Gasteiger charge is 2.38. The summed E-state index contributed by atoms with van der Waals surface area (Å²) in [6.45, 7) is 1.59. The first-order chi connectivity index (χ1) is 13.6. The third kappa shape index (κ3) is 2.92. The van der Waals surface area contributed by atoms with E-state index in [0.29, 0.717) is 37.8 Å². The number of aromatic nitrogens is 3. The summed E-state index contributed by atoms with van der Waals surface area (Å²) in [5.41, 5.74) is 1.75. The van der Waals surface area contributed by atoms with Crippen molar-refractivity contribution in [3.63, 3.8) is 0 Å². The number of sulfonamides is 1. The minimum absolute atomic E-state index is 0.0306. The summed E-state index contributed by atoms with van der Waals surface area (Å²) < 4.78 is 39.9. The Morgan fingerprint density at radius 2 is 1.71 bits per heavy atom. The van der Waals surface area contributed by atoms with Gasteiger partial charge in [-0.15, -0.1) is 5.10 Å². The Kier molecular flexibility index (Phi) is 4.06. The third-order valence-electron chi connectivity index (χ3n) is 4.93. The quantitative estimate of drug-likeness (QED) is 0.668. The summed E-state index contributed by atoms with van der Waals surface area (Å²) in [4.78, 5) is 0.207. The van der Waals surface area contributed by atoms with Crippen molar-refractivity contribution in [1.82, 2.24) is 19.3 Å². The third-order valence-corrected chi connectivity index (χ3v) is 6.76. The van der Waals surface area contributed by atoms with Gasteiger partial charge in [0, 0.05) is 24.7 Å². The highest BCUT2D eigenvalue weighted by Crippen LogP contribution is 2.35. The SMILES string of the molecule is O=S(=O)(c1ccc2c(c1)OCCO2)N1CC(n2cc(-c3ccccc3)nn2)C1. The van der Waals surface area contributed by atoms with Crippen molar-refractivity contribution >= 4 is 10.0 Å². The lowest BCUT2D eigenvalue weighted by Crippen LogP contribution is -2.50. The maximum Gasteiger partial charge on any atom is 0.243 e. The van der Waals surface area contributed by atoms with Crippen LogP contribution >= 0.6 is 0 Å². The van der Waals surface area contributed by atoms with E-state index >= 15 is 0 Å². The van der Waals surface area contributed by atoms with E-state index in [9.17, 15) is 8.42 Å². The first-order valence-electron chi connectivity index (χ1n) is 8.98. The van der Waals surface area contributed by atoms with Crippen LogP contribution in [0.1, 0.15) is 6.04 Å². The van der Waals surface area contributed by atoms with Gasteiger partial charge in [-0.1, -0.05) is 35.5 Å². The molecule has 2 aliphatic rings. The van der Waals surface area contributed by atoms with Gasteiger partial charge in [0.2, 0.25) is 10.0 Å². The van der Waals surface area contributed by atoms with Gasteiger partial charge >= 0.3 is 0 Å². The van der Waals surface area contributed by atoms with Crippen LogP contribution in [0.15, 0.2) is 59.6 Å². The maximum atomic E-state index is 12.9. The molecule has 3 aromatic rings. The molecule has 1 fully saturated rings. The van der Waals surface area contributed by atoms with Crippen molar-refractivity contribution in [2.45, 2.75) is 10.9 Å². The van der Waals surface area contributed by atoms with Gasteiger partial charge in [0.1, 0.15) is 18.9 Å². The van der Waals surface area contributed by atoms with E-state index in [-0.39, 0.29) is 10.9 Å². The molecule has 0 saturated carbocycles. The van der Waals surface area contributed by atoms with E-state index in [0.717, 1.165) is 11.3 Å². The molecule has 0 radical (unpaired) electrons. The molecule has 0 unspecified atom stereocenters. The molecule has 144 valence electrons. The second-order valence-corrected chi connectivity index (χ2v) is 8.67. The number of hydrogen-bond donors (Lipinski definition) is 0. The Hall–Kier alpha value is -2.91. The van der Waals surface area contributed by atoms with Gasteiger partial charge < -0.3 is 9.47 Å². The molecule has 9 heteroatoms. The molecule has 1 saturated heterocycles. The number of nitrogens with zero attached hydrogens (tertiary/aromatic N) is 4. The molecule has 0 amide bonds. The van der Waals surface area contributed by atoms with E-state index in [1.165, 1.54) is 10.4 Å². The normalized spacial score (nSPS) is 17.3. The maximum absolute atomic E-state index is 12.9. The van der Waals surface area contributed by atoms with Crippen molar-refractivity contribution in [2.24, 2.45) is 0 Å². The molecule has 2 aliphatic heterocycles. The molecule has 5 rings (SSSR count). The fourth-order valence-electron chi connectivity index (χ4n) is 3.31. The van der Waals surface area contributed by atoms with Crippen molar-refractivity contribution < 1.29 is 17.9 Å². The summed E-state index contributed by atoms with van der Waals surface area (Å²) in [7, 11) is -3.59. The van der Waals surface area contributed by atoms with Crippen molar-refractivity contribution in [1.29, 1.82) is 0 Å². The summed E-state index contributed by atoms with van der Waals surface area (Å²) in [6.07, 6.45) is 1.86. The van der Waals surface area contributed by atoms with Crippen LogP contribution in [0.4, 0.5) is 0 Å². The van der Waals surface area contributed by atoms with E-state index in [2.05, 4.69) is 10.3 Å². The van der Waals surface area contributed by atoms with Crippen molar-refractivity contribution in [2.75, 3.05) is 26.3 Å². The number of hydrogen-bond acceptors (Lipinski definition) is 6. The molecule has 0 spiro atoms. The van der Waals surface area contributed by atoms with E-state index < -0.39 is 10.0 Å². The number of ether oxygens (including phenoxy) is 2. The van der Waals surface area contributed by atoms with Crippen LogP contribution < -0.4 is 9.47 Å². The lowest BCUT2D eigenvalue weighted by atomic mass is 10.1. The molecule has 0 aliphatic carbocycles. The molecule has 8 nitrogen and oxygen atoms in total. The van der Waals surface area contributed by atoms with Crippen LogP contribution in [0, 0.1) is 0 Å². The van der Waals surface area contributed by atoms with E-state index in [1.54, 1.807) is 16.8 Å². The predicted octanol–water partition coefficient (Wildman–Crippen LogP) is 1.96. The van der Waals surface area contributed by atoms with Gasteiger partial charge in [0.15, 0.2) is 11.5 Å². The van der Waals surface area contributed by atoms with Crippen LogP contribution in [0.3, 0.4) is 0 Å². The first kappa shape index (κ1) is 17.2. The summed E-state index contributed by atoms with van der Waals surface area (Å²) in [5.74, 6) is 1.04. The van der Waals surface area contributed by atoms with Crippen LogP contribution in [0.5, 0.6) is 11.5 Å². The molecule has 1 aromatic heterocycles. The topological polar surface area (TPSA) is 86.6 Å². The monoisotopic (exact) mass is 398 g/mol. The Morgan fingerprint density at radius 3 is 2.50 bits per heavy atom. The minimum Gasteiger partial charge on any atom is -0.486 e. The number of rotatable bonds is 4. The fraction of sp³-hybridized carbons (Fsp3) is 0.263. The molecule has 3 heterocycles. The molecular weight excluding hydrogens is 380 g/mol. The largest absolute Gasteiger partial charge is 0.486 e. The van der Waals surface area contributed by atoms with Gasteiger partial charge in [0.05, 0.1) is 17.1 Å². The first-order valence-corrected chi connectivity index (χ1v) is 10.4. The number of benzene rings is 2. The number of fused-ring (bicyclic) bond motifs is 1. The average molecular weight is 398 g/mol. The summed E-state index contributed by atoms with van der Waals surface area (Å²) in [5, 5.41) is 8.37. The van der Waals surface area contributed by atoms with Gasteiger partial charge in [-0.25, -0.2) is 13.1 Å². The molecule has 28 heavy (non-hydrogen) atoms. The Labute approximate surface area is 162 Å². The highest BCUT2D eigenvalue weighted by molar-refractivity contribution is 7.89. The minimum atomic E-state index is -3.59. The smallest absolute Gasteiger partial charge is 0.243 e. The highest BCUT2D eigenvalue weighted by atomic mass is 32.2. The lowest BCUT2D eigenvalue weighted by Gasteiger charge is -2.37. The van der Waals surface area contributed by atoms with E-state index in [4.69, 9.17) is 9.47 Å². The standard InChI is InChI=1S/C19H18N4O4S/c24-28(25,16-6-7-18-19(10-16)27-9-8-26-18)22-11-15(12-22)23-13-17(20-21-23)14-4-2-1-3-5-14/h1-7,10,13,15H,8-9,11-12H2. The molecule has 0 N–H and O–H groups in total. The molecule has 0 atom stereocenters. The van der Waals surface area contributed by atoms with Gasteiger partial charge in [-0.2, -0.15) is 4.31 Å². The van der Waals surface area contributed by atoms with Gasteiger partial charge in [-0.3, -0.25) is 0 Å². The molecular formula is C19H18N4O4S. The van der Waals surface area contributed by atoms with Gasteiger partial charge in [0.25, 0.3) is 0 Å². The Balaban J connectivity index is 1.31. The second-order valence-electron chi connectivity index (χ2n) is 6.73. The average Bonchev–Trinajstić information content (AvgIpc) is 3.16. The van der Waals surface area contributed by atoms with Gasteiger partial charge in [-0.05, 0) is 12.1 Å². The zero-order chi connectivity index (χ0) is 19.1. The van der Waals surface area contributed by atoms with Crippen LogP contribution in [0.2, 0.25) is 0 Å². The Morgan fingerprint density at radius 1 is 0.964 bits per heavy atom. The molecule has 0 bridgehead atoms. The summed E-state index contributed by atoms with van der Waals surface area (Å²) in [6, 6.07) is 14.5. The fourth-order valence-corrected chi connectivity index (χ4v) is 4.84. The molecule has 2 aromatic carbocycles. The predicted molar refractivity (Wildman–Crippen MR) is 101 cm³/mol. The zero-order valence-corrected chi connectivity index (χ0v) is 15.7. The van der Waals surface area contributed by atoms with Crippen LogP contribution in [-0.2, 0) is 10.0 Å². The van der Waals surface area contributed by atoms with E-state index in [1.807, 2.05) is 36.5 Å². The zero-order valence-electron chi connectivity index (χ0n) is 14.9.